The molecule has 0 aliphatic heterocycles. The van der Waals surface area contributed by atoms with Crippen LogP contribution in [0.5, 0.6) is 0 Å². The molecular formula is C12H17F2NO2S. The Morgan fingerprint density at radius 1 is 1.28 bits per heavy atom. The highest BCUT2D eigenvalue weighted by molar-refractivity contribution is 7.91. The van der Waals surface area contributed by atoms with Gasteiger partial charge in [0.05, 0.1) is 5.75 Å². The molecule has 0 saturated carbocycles. The molecule has 0 aromatic heterocycles. The van der Waals surface area contributed by atoms with Gasteiger partial charge < -0.3 is 5.32 Å². The third-order valence-electron chi connectivity index (χ3n) is 2.75. The number of nitrogens with one attached hydrogen (secondary N) is 1. The van der Waals surface area contributed by atoms with Crippen molar-refractivity contribution in [2.75, 3.05) is 18.1 Å². The van der Waals surface area contributed by atoms with Crippen molar-refractivity contribution < 1.29 is 17.2 Å². The topological polar surface area (TPSA) is 46.2 Å². The molecule has 1 aromatic rings. The van der Waals surface area contributed by atoms with Crippen molar-refractivity contribution in [3.63, 3.8) is 0 Å². The van der Waals surface area contributed by atoms with Crippen LogP contribution in [0.25, 0.3) is 0 Å². The smallest absolute Gasteiger partial charge is 0.159 e. The van der Waals surface area contributed by atoms with Crippen LogP contribution in [0.15, 0.2) is 18.2 Å². The van der Waals surface area contributed by atoms with E-state index in [1.807, 2.05) is 0 Å². The zero-order chi connectivity index (χ0) is 13.8. The van der Waals surface area contributed by atoms with Crippen LogP contribution in [-0.2, 0) is 9.84 Å². The summed E-state index contributed by atoms with van der Waals surface area (Å²) >= 11 is 0. The van der Waals surface area contributed by atoms with Crippen LogP contribution < -0.4 is 5.32 Å². The third kappa shape index (κ3) is 4.34. The molecule has 1 unspecified atom stereocenters. The third-order valence-corrected chi connectivity index (χ3v) is 4.45. The van der Waals surface area contributed by atoms with Crippen molar-refractivity contribution in [1.82, 2.24) is 5.32 Å². The van der Waals surface area contributed by atoms with Crippen molar-refractivity contribution >= 4 is 9.84 Å². The number of benzene rings is 1. The molecule has 0 saturated heterocycles. The molecule has 0 amide bonds. The van der Waals surface area contributed by atoms with Gasteiger partial charge in [-0.1, -0.05) is 13.0 Å². The average molecular weight is 277 g/mol. The lowest BCUT2D eigenvalue weighted by Gasteiger charge is -2.14. The first kappa shape index (κ1) is 15.0. The lowest BCUT2D eigenvalue weighted by atomic mass is 10.1. The van der Waals surface area contributed by atoms with Gasteiger partial charge in [-0.2, -0.15) is 0 Å². The zero-order valence-corrected chi connectivity index (χ0v) is 11.2. The zero-order valence-electron chi connectivity index (χ0n) is 10.4. The van der Waals surface area contributed by atoms with E-state index in [4.69, 9.17) is 0 Å². The SMILES string of the molecule is CCS(=O)(=O)CCNC(C)c1ccc(F)c(F)c1. The number of hydrogen-bond donors (Lipinski definition) is 1. The van der Waals surface area contributed by atoms with Crippen molar-refractivity contribution in [3.8, 4) is 0 Å². The number of rotatable bonds is 6. The largest absolute Gasteiger partial charge is 0.309 e. The van der Waals surface area contributed by atoms with E-state index < -0.39 is 21.5 Å². The highest BCUT2D eigenvalue weighted by Crippen LogP contribution is 2.15. The van der Waals surface area contributed by atoms with Gasteiger partial charge in [-0.05, 0) is 24.6 Å². The Balaban J connectivity index is 2.55. The van der Waals surface area contributed by atoms with E-state index in [1.54, 1.807) is 13.8 Å². The summed E-state index contributed by atoms with van der Waals surface area (Å²) in [7, 11) is -3.01. The van der Waals surface area contributed by atoms with Gasteiger partial charge in [0.1, 0.15) is 0 Å². The maximum Gasteiger partial charge on any atom is 0.159 e. The average Bonchev–Trinajstić information content (AvgIpc) is 2.32. The van der Waals surface area contributed by atoms with E-state index in [2.05, 4.69) is 5.32 Å². The standard InChI is InChI=1S/C12H17F2NO2S/c1-3-18(16,17)7-6-15-9(2)10-4-5-11(13)12(14)8-10/h4-5,8-9,15H,3,6-7H2,1-2H3. The fourth-order valence-corrected chi connectivity index (χ4v) is 2.19. The molecule has 0 radical (unpaired) electrons. The molecule has 18 heavy (non-hydrogen) atoms. The molecule has 1 N–H and O–H groups in total. The molecule has 0 aliphatic rings. The molecule has 6 heteroatoms. The minimum Gasteiger partial charge on any atom is -0.309 e. The van der Waals surface area contributed by atoms with Crippen molar-refractivity contribution in [3.05, 3.63) is 35.4 Å². The molecule has 0 aliphatic carbocycles. The highest BCUT2D eigenvalue weighted by Gasteiger charge is 2.11. The summed E-state index contributed by atoms with van der Waals surface area (Å²) in [4.78, 5) is 0. The maximum absolute atomic E-state index is 13.0. The summed E-state index contributed by atoms with van der Waals surface area (Å²) < 4.78 is 48.3. The van der Waals surface area contributed by atoms with E-state index in [9.17, 15) is 17.2 Å². The molecule has 1 aromatic carbocycles. The first-order valence-electron chi connectivity index (χ1n) is 5.74. The van der Waals surface area contributed by atoms with Gasteiger partial charge in [-0.15, -0.1) is 0 Å². The summed E-state index contributed by atoms with van der Waals surface area (Å²) in [6.07, 6.45) is 0. The number of hydrogen-bond acceptors (Lipinski definition) is 3. The monoisotopic (exact) mass is 277 g/mol. The van der Waals surface area contributed by atoms with Gasteiger partial charge >= 0.3 is 0 Å². The second kappa shape index (κ2) is 6.24. The summed E-state index contributed by atoms with van der Waals surface area (Å²) in [5, 5.41) is 2.97. The fraction of sp³-hybridized carbons (Fsp3) is 0.500. The minimum absolute atomic E-state index is 0.0392. The Kier molecular flexibility index (Phi) is 5.22. The predicted octanol–water partition coefficient (Wildman–Crippen LogP) is 2.05. The van der Waals surface area contributed by atoms with Crippen LogP contribution in [0.3, 0.4) is 0 Å². The minimum atomic E-state index is -3.01. The van der Waals surface area contributed by atoms with Crippen LogP contribution in [0.1, 0.15) is 25.5 Å². The molecule has 102 valence electrons. The van der Waals surface area contributed by atoms with Gasteiger partial charge in [0.15, 0.2) is 21.5 Å². The summed E-state index contributed by atoms with van der Waals surface area (Å²) in [6, 6.07) is 3.42. The molecule has 1 rings (SSSR count). The Morgan fingerprint density at radius 2 is 1.94 bits per heavy atom. The maximum atomic E-state index is 13.0. The Labute approximate surface area is 106 Å². The lowest BCUT2D eigenvalue weighted by Crippen LogP contribution is -2.26. The second-order valence-corrected chi connectivity index (χ2v) is 6.56. The Hall–Kier alpha value is -1.01. The van der Waals surface area contributed by atoms with Crippen LogP contribution >= 0.6 is 0 Å². The van der Waals surface area contributed by atoms with Crippen molar-refractivity contribution in [1.29, 1.82) is 0 Å². The molecule has 0 bridgehead atoms. The van der Waals surface area contributed by atoms with E-state index in [-0.39, 0.29) is 24.1 Å². The van der Waals surface area contributed by atoms with Crippen LogP contribution in [0.2, 0.25) is 0 Å². The molecule has 0 fully saturated rings. The first-order valence-corrected chi connectivity index (χ1v) is 7.56. The summed E-state index contributed by atoms with van der Waals surface area (Å²) in [6.45, 7) is 3.65. The van der Waals surface area contributed by atoms with E-state index in [0.717, 1.165) is 12.1 Å². The second-order valence-electron chi connectivity index (χ2n) is 4.09. The Bertz CT molecular complexity index is 503. The quantitative estimate of drug-likeness (QED) is 0.865. The predicted molar refractivity (Wildman–Crippen MR) is 67.1 cm³/mol. The number of halogens is 2. The molecule has 3 nitrogen and oxygen atoms in total. The van der Waals surface area contributed by atoms with Gasteiger partial charge in [-0.3, -0.25) is 0 Å². The van der Waals surface area contributed by atoms with Gasteiger partial charge in [0, 0.05) is 18.3 Å². The Morgan fingerprint density at radius 3 is 2.50 bits per heavy atom. The summed E-state index contributed by atoms with van der Waals surface area (Å²) in [5.41, 5.74) is 0.586. The van der Waals surface area contributed by atoms with Crippen LogP contribution in [0, 0.1) is 11.6 Å². The van der Waals surface area contributed by atoms with Gasteiger partial charge in [-0.25, -0.2) is 17.2 Å². The molecule has 1 atom stereocenters. The van der Waals surface area contributed by atoms with Crippen molar-refractivity contribution in [2.45, 2.75) is 19.9 Å². The van der Waals surface area contributed by atoms with E-state index in [1.165, 1.54) is 6.07 Å². The molecule has 0 spiro atoms. The van der Waals surface area contributed by atoms with Gasteiger partial charge in [0.25, 0.3) is 0 Å². The lowest BCUT2D eigenvalue weighted by molar-refractivity contribution is 0.502. The van der Waals surface area contributed by atoms with Crippen LogP contribution in [0.4, 0.5) is 8.78 Å². The van der Waals surface area contributed by atoms with Crippen molar-refractivity contribution in [2.24, 2.45) is 0 Å². The van der Waals surface area contributed by atoms with Crippen LogP contribution in [-0.4, -0.2) is 26.5 Å². The highest BCUT2D eigenvalue weighted by atomic mass is 32.2. The fourth-order valence-electron chi connectivity index (χ4n) is 1.47. The molecule has 0 heterocycles. The first-order chi connectivity index (χ1) is 8.35. The van der Waals surface area contributed by atoms with E-state index >= 15 is 0 Å². The normalized spacial score (nSPS) is 13.6. The van der Waals surface area contributed by atoms with Gasteiger partial charge in [0.2, 0.25) is 0 Å². The molecular weight excluding hydrogens is 260 g/mol. The van der Waals surface area contributed by atoms with E-state index in [0.29, 0.717) is 5.56 Å². The number of sulfone groups is 1. The summed E-state index contributed by atoms with van der Waals surface area (Å²) in [5.74, 6) is -1.65.